The molecule has 0 aliphatic heterocycles. The van der Waals surface area contributed by atoms with Gasteiger partial charge in [0.15, 0.2) is 0 Å². The second kappa shape index (κ2) is 5.94. The predicted molar refractivity (Wildman–Crippen MR) is 100.0 cm³/mol. The molecule has 0 N–H and O–H groups in total. The summed E-state index contributed by atoms with van der Waals surface area (Å²) in [5.74, 6) is 3.04. The summed E-state index contributed by atoms with van der Waals surface area (Å²) in [4.78, 5) is 14.1. The van der Waals surface area contributed by atoms with Gasteiger partial charge >= 0.3 is 0 Å². The number of nitro groups is 1. The van der Waals surface area contributed by atoms with Crippen LogP contribution in [0.5, 0.6) is 0 Å². The highest BCUT2D eigenvalue weighted by Crippen LogP contribution is 2.66. The second-order valence-electron chi connectivity index (χ2n) is 10.5. The average Bonchev–Trinajstić information content (AvgIpc) is 2.91. The first-order chi connectivity index (χ1) is 11.8. The van der Waals surface area contributed by atoms with Crippen LogP contribution in [0.3, 0.4) is 0 Å². The molecule has 0 spiro atoms. The molecular weight excluding hydrogens is 312 g/mol. The van der Waals surface area contributed by atoms with E-state index in [1.54, 1.807) is 0 Å². The predicted octanol–water partition coefficient (Wildman–Crippen LogP) is 4.60. The highest BCUT2D eigenvalue weighted by molar-refractivity contribution is 5.09. The SMILES string of the molecule is CN(C)C1CC[C@@]2(C)C(CC[C@@H]3[C@H]2CC[C@]2(C)C([N+](=O)[O-])CC[C@@H]32)C1. The van der Waals surface area contributed by atoms with Gasteiger partial charge in [0, 0.05) is 22.8 Å². The van der Waals surface area contributed by atoms with Gasteiger partial charge in [-0.2, -0.15) is 0 Å². The minimum Gasteiger partial charge on any atom is -0.306 e. The minimum absolute atomic E-state index is 0.0330. The van der Waals surface area contributed by atoms with E-state index in [0.717, 1.165) is 43.1 Å². The molecule has 0 aromatic carbocycles. The highest BCUT2D eigenvalue weighted by Gasteiger charge is 2.63. The van der Waals surface area contributed by atoms with Crippen LogP contribution >= 0.6 is 0 Å². The van der Waals surface area contributed by atoms with E-state index in [-0.39, 0.29) is 16.4 Å². The van der Waals surface area contributed by atoms with Gasteiger partial charge in [0.05, 0.1) is 0 Å². The highest BCUT2D eigenvalue weighted by atomic mass is 16.6. The summed E-state index contributed by atoms with van der Waals surface area (Å²) in [7, 11) is 4.47. The van der Waals surface area contributed by atoms with Gasteiger partial charge in [-0.05, 0) is 94.5 Å². The molecule has 4 nitrogen and oxygen atoms in total. The number of fused-ring (bicyclic) bond motifs is 5. The Morgan fingerprint density at radius 2 is 1.60 bits per heavy atom. The molecule has 3 unspecified atom stereocenters. The van der Waals surface area contributed by atoms with Crippen LogP contribution in [0, 0.1) is 44.6 Å². The molecule has 0 amide bonds. The molecule has 0 saturated heterocycles. The first kappa shape index (κ1) is 17.8. The van der Waals surface area contributed by atoms with Crippen molar-refractivity contribution in [3.05, 3.63) is 10.1 Å². The van der Waals surface area contributed by atoms with Crippen molar-refractivity contribution in [2.45, 2.75) is 83.7 Å². The molecule has 4 aliphatic rings. The molecule has 4 aliphatic carbocycles. The Morgan fingerprint density at radius 1 is 0.920 bits per heavy atom. The molecule has 0 aromatic rings. The monoisotopic (exact) mass is 348 g/mol. The van der Waals surface area contributed by atoms with E-state index in [2.05, 4.69) is 32.8 Å². The lowest BCUT2D eigenvalue weighted by molar-refractivity contribution is -0.540. The normalized spacial score (nSPS) is 52.4. The molecule has 142 valence electrons. The first-order valence-corrected chi connectivity index (χ1v) is 10.6. The molecule has 4 saturated carbocycles. The first-order valence-electron chi connectivity index (χ1n) is 10.6. The van der Waals surface area contributed by atoms with Crippen LogP contribution in [0.4, 0.5) is 0 Å². The van der Waals surface area contributed by atoms with Crippen LogP contribution in [0.25, 0.3) is 0 Å². The third-order valence-corrected chi connectivity index (χ3v) is 9.57. The van der Waals surface area contributed by atoms with Gasteiger partial charge in [0.2, 0.25) is 6.04 Å². The van der Waals surface area contributed by atoms with Crippen molar-refractivity contribution in [3.8, 4) is 0 Å². The van der Waals surface area contributed by atoms with Crippen LogP contribution in [0.15, 0.2) is 0 Å². The number of hydrogen-bond acceptors (Lipinski definition) is 3. The fourth-order valence-corrected chi connectivity index (χ4v) is 8.02. The molecule has 0 bridgehead atoms. The summed E-state index contributed by atoms with van der Waals surface area (Å²) in [5.41, 5.74) is 0.457. The van der Waals surface area contributed by atoms with Gasteiger partial charge in [-0.25, -0.2) is 0 Å². The maximum Gasteiger partial charge on any atom is 0.218 e. The lowest BCUT2D eigenvalue weighted by Gasteiger charge is -2.60. The van der Waals surface area contributed by atoms with Crippen molar-refractivity contribution in [1.82, 2.24) is 4.90 Å². The van der Waals surface area contributed by atoms with Gasteiger partial charge < -0.3 is 4.90 Å². The van der Waals surface area contributed by atoms with Gasteiger partial charge in [0.1, 0.15) is 0 Å². The summed E-state index contributed by atoms with van der Waals surface area (Å²) in [6.45, 7) is 4.84. The smallest absolute Gasteiger partial charge is 0.218 e. The summed E-state index contributed by atoms with van der Waals surface area (Å²) in [6, 6.07) is 0.474. The number of nitrogens with zero attached hydrogens (tertiary/aromatic N) is 2. The Bertz CT molecular complexity index is 550. The Kier molecular flexibility index (Phi) is 4.22. The topological polar surface area (TPSA) is 46.4 Å². The van der Waals surface area contributed by atoms with Gasteiger partial charge in [-0.3, -0.25) is 10.1 Å². The zero-order chi connectivity index (χ0) is 18.0. The summed E-state index contributed by atoms with van der Waals surface area (Å²) in [5, 5.41) is 11.6. The maximum absolute atomic E-state index is 11.6. The van der Waals surface area contributed by atoms with Gasteiger partial charge in [-0.1, -0.05) is 13.8 Å². The number of hydrogen-bond donors (Lipinski definition) is 0. The maximum atomic E-state index is 11.6. The van der Waals surface area contributed by atoms with Crippen molar-refractivity contribution >= 4 is 0 Å². The largest absolute Gasteiger partial charge is 0.306 e. The average molecular weight is 349 g/mol. The molecule has 0 heterocycles. The van der Waals surface area contributed by atoms with Crippen molar-refractivity contribution in [1.29, 1.82) is 0 Å². The fraction of sp³-hybridized carbons (Fsp3) is 1.00. The standard InChI is InChI=1S/C21H36N2O2/c1-20-11-9-15(22(3)4)13-14(20)5-6-16-17-7-8-19(23(24)25)21(17,2)12-10-18(16)20/h14-19H,5-13H2,1-4H3/t14?,15?,16-,17-,18+,19?,20-,21-/m0/s1. The fourth-order valence-electron chi connectivity index (χ4n) is 8.02. The molecule has 4 rings (SSSR count). The second-order valence-corrected chi connectivity index (χ2v) is 10.5. The number of rotatable bonds is 2. The zero-order valence-corrected chi connectivity index (χ0v) is 16.5. The Morgan fingerprint density at radius 3 is 2.28 bits per heavy atom. The van der Waals surface area contributed by atoms with E-state index >= 15 is 0 Å². The van der Waals surface area contributed by atoms with Crippen LogP contribution in [0.1, 0.15) is 71.6 Å². The Hall–Kier alpha value is -0.640. The van der Waals surface area contributed by atoms with E-state index in [1.807, 2.05) is 0 Å². The summed E-state index contributed by atoms with van der Waals surface area (Å²) >= 11 is 0. The minimum atomic E-state index is -0.284. The molecular formula is C21H36N2O2. The van der Waals surface area contributed by atoms with Crippen LogP contribution in [-0.4, -0.2) is 36.0 Å². The van der Waals surface area contributed by atoms with Crippen LogP contribution in [0.2, 0.25) is 0 Å². The van der Waals surface area contributed by atoms with Crippen LogP contribution in [-0.2, 0) is 0 Å². The van der Waals surface area contributed by atoms with Crippen molar-refractivity contribution < 1.29 is 4.92 Å². The Balaban J connectivity index is 1.57. The lowest BCUT2D eigenvalue weighted by atomic mass is 9.45. The third-order valence-electron chi connectivity index (χ3n) is 9.57. The van der Waals surface area contributed by atoms with Crippen LogP contribution < -0.4 is 0 Å². The van der Waals surface area contributed by atoms with E-state index in [4.69, 9.17) is 0 Å². The zero-order valence-electron chi connectivity index (χ0n) is 16.5. The third kappa shape index (κ3) is 2.49. The van der Waals surface area contributed by atoms with Gasteiger partial charge in [0.25, 0.3) is 0 Å². The molecule has 4 fully saturated rings. The van der Waals surface area contributed by atoms with E-state index in [9.17, 15) is 10.1 Å². The molecule has 4 heteroatoms. The molecule has 0 radical (unpaired) electrons. The van der Waals surface area contributed by atoms with E-state index in [1.165, 1.54) is 38.5 Å². The molecule has 0 aromatic heterocycles. The van der Waals surface area contributed by atoms with Crippen molar-refractivity contribution in [2.24, 2.45) is 34.5 Å². The van der Waals surface area contributed by atoms with E-state index in [0.29, 0.717) is 11.3 Å². The molecule has 8 atom stereocenters. The summed E-state index contributed by atoms with van der Waals surface area (Å²) in [6.07, 6.45) is 11.0. The van der Waals surface area contributed by atoms with Crippen molar-refractivity contribution in [2.75, 3.05) is 14.1 Å². The van der Waals surface area contributed by atoms with Crippen molar-refractivity contribution in [3.63, 3.8) is 0 Å². The molecule has 25 heavy (non-hydrogen) atoms. The quantitative estimate of drug-likeness (QED) is 0.541. The Labute approximate surface area is 152 Å². The van der Waals surface area contributed by atoms with Gasteiger partial charge in [-0.15, -0.1) is 0 Å². The lowest BCUT2D eigenvalue weighted by Crippen LogP contribution is -2.55. The van der Waals surface area contributed by atoms with E-state index < -0.39 is 0 Å². The summed E-state index contributed by atoms with van der Waals surface area (Å²) < 4.78 is 0.